The van der Waals surface area contributed by atoms with Crippen molar-refractivity contribution in [3.05, 3.63) is 64.3 Å². The molecule has 27 heavy (non-hydrogen) atoms. The van der Waals surface area contributed by atoms with Gasteiger partial charge < -0.3 is 14.8 Å². The molecule has 0 bridgehead atoms. The van der Waals surface area contributed by atoms with Gasteiger partial charge in [-0.2, -0.15) is 0 Å². The van der Waals surface area contributed by atoms with Crippen molar-refractivity contribution in [1.29, 1.82) is 0 Å². The van der Waals surface area contributed by atoms with Crippen LogP contribution in [-0.4, -0.2) is 28.7 Å². The Bertz CT molecular complexity index is 1020. The van der Waals surface area contributed by atoms with Gasteiger partial charge in [0, 0.05) is 28.6 Å². The molecule has 0 radical (unpaired) electrons. The molecule has 1 aromatic heterocycles. The molecule has 2 aromatic carbocycles. The minimum Gasteiger partial charge on any atom is -0.494 e. The second-order valence-electron chi connectivity index (χ2n) is 7.18. The molecule has 5 nitrogen and oxygen atoms in total. The summed E-state index contributed by atoms with van der Waals surface area (Å²) in [5.41, 5.74) is 6.35. The number of benzene rings is 2. The topological polar surface area (TPSA) is 74.3 Å². The third kappa shape index (κ3) is 2.98. The van der Waals surface area contributed by atoms with Crippen LogP contribution < -0.4 is 10.1 Å². The fraction of sp³-hybridized carbons (Fsp3) is 0.318. The van der Waals surface area contributed by atoms with Crippen LogP contribution in [0.4, 0.5) is 0 Å². The molecule has 3 N–H and O–H groups in total. The van der Waals surface area contributed by atoms with Crippen molar-refractivity contribution < 1.29 is 14.6 Å². The maximum atomic E-state index is 11.8. The van der Waals surface area contributed by atoms with E-state index in [9.17, 15) is 9.90 Å². The predicted molar refractivity (Wildman–Crippen MR) is 105 cm³/mol. The van der Waals surface area contributed by atoms with Gasteiger partial charge in [-0.15, -0.1) is 0 Å². The lowest BCUT2D eigenvalue weighted by atomic mass is 9.87. The summed E-state index contributed by atoms with van der Waals surface area (Å²) in [5, 5.41) is 14.1. The highest BCUT2D eigenvalue weighted by Crippen LogP contribution is 2.40. The Morgan fingerprint density at radius 2 is 2.04 bits per heavy atom. The van der Waals surface area contributed by atoms with E-state index in [1.165, 1.54) is 0 Å². The summed E-state index contributed by atoms with van der Waals surface area (Å²) in [6.45, 7) is 6.62. The summed E-state index contributed by atoms with van der Waals surface area (Å²) in [5.74, 6) is -0.0261. The van der Waals surface area contributed by atoms with E-state index in [2.05, 4.69) is 29.4 Å². The zero-order valence-electron chi connectivity index (χ0n) is 15.8. The van der Waals surface area contributed by atoms with E-state index < -0.39 is 12.0 Å². The number of aromatic nitrogens is 1. The zero-order valence-corrected chi connectivity index (χ0v) is 15.8. The number of aliphatic carboxylic acids is 1. The van der Waals surface area contributed by atoms with Crippen LogP contribution >= 0.6 is 0 Å². The van der Waals surface area contributed by atoms with Gasteiger partial charge in [-0.3, -0.25) is 10.1 Å². The number of aryl methyl sites for hydroxylation is 2. The molecule has 1 aliphatic heterocycles. The van der Waals surface area contributed by atoms with E-state index in [1.807, 2.05) is 38.1 Å². The van der Waals surface area contributed by atoms with Crippen LogP contribution in [0.1, 0.15) is 40.9 Å². The van der Waals surface area contributed by atoms with Gasteiger partial charge in [0.05, 0.1) is 12.6 Å². The third-order valence-electron chi connectivity index (χ3n) is 5.29. The standard InChI is InChI=1S/C22H24N2O3/c1-4-27-18-10-12(2)9-13(3)19(18)21-20-15(11-17(24-21)22(25)26)14-7-5-6-8-16(14)23-20/h5-10,17,21,23-24H,4,11H2,1-3H3,(H,25,26). The Labute approximate surface area is 158 Å². The Hall–Kier alpha value is -2.79. The van der Waals surface area contributed by atoms with Gasteiger partial charge in [-0.1, -0.05) is 24.3 Å². The van der Waals surface area contributed by atoms with Gasteiger partial charge in [-0.05, 0) is 49.6 Å². The fourth-order valence-corrected chi connectivity index (χ4v) is 4.21. The monoisotopic (exact) mass is 364 g/mol. The second kappa shape index (κ2) is 6.74. The minimum absolute atomic E-state index is 0.260. The number of para-hydroxylation sites is 1. The van der Waals surface area contributed by atoms with Crippen molar-refractivity contribution in [3.63, 3.8) is 0 Å². The maximum Gasteiger partial charge on any atom is 0.321 e. The molecule has 5 heteroatoms. The number of carboxylic acid groups (broad SMARTS) is 1. The summed E-state index contributed by atoms with van der Waals surface area (Å²) in [6.07, 6.45) is 0.458. The summed E-state index contributed by atoms with van der Waals surface area (Å²) >= 11 is 0. The van der Waals surface area contributed by atoms with Gasteiger partial charge in [0.15, 0.2) is 0 Å². The van der Waals surface area contributed by atoms with Crippen LogP contribution in [0, 0.1) is 13.8 Å². The first kappa shape index (κ1) is 17.6. The van der Waals surface area contributed by atoms with Crippen molar-refractivity contribution >= 4 is 16.9 Å². The van der Waals surface area contributed by atoms with Crippen molar-refractivity contribution in [2.45, 2.75) is 39.3 Å². The fourth-order valence-electron chi connectivity index (χ4n) is 4.21. The lowest BCUT2D eigenvalue weighted by Crippen LogP contribution is -2.45. The molecule has 1 aliphatic rings. The van der Waals surface area contributed by atoms with E-state index in [4.69, 9.17) is 4.74 Å². The lowest BCUT2D eigenvalue weighted by molar-refractivity contribution is -0.139. The molecule has 0 saturated heterocycles. The molecular formula is C22H24N2O3. The number of aromatic amines is 1. The average Bonchev–Trinajstić information content (AvgIpc) is 3.00. The minimum atomic E-state index is -0.835. The highest BCUT2D eigenvalue weighted by atomic mass is 16.5. The first-order chi connectivity index (χ1) is 13.0. The van der Waals surface area contributed by atoms with Crippen LogP contribution in [-0.2, 0) is 11.2 Å². The quantitative estimate of drug-likeness (QED) is 0.657. The van der Waals surface area contributed by atoms with Gasteiger partial charge >= 0.3 is 5.97 Å². The van der Waals surface area contributed by atoms with Crippen LogP contribution in [0.15, 0.2) is 36.4 Å². The van der Waals surface area contributed by atoms with Gasteiger partial charge in [0.1, 0.15) is 11.8 Å². The molecule has 0 amide bonds. The summed E-state index contributed by atoms with van der Waals surface area (Å²) in [7, 11) is 0. The van der Waals surface area contributed by atoms with E-state index in [1.54, 1.807) is 0 Å². The molecule has 3 aromatic rings. The zero-order chi connectivity index (χ0) is 19.1. The van der Waals surface area contributed by atoms with Crippen molar-refractivity contribution in [2.75, 3.05) is 6.61 Å². The third-order valence-corrected chi connectivity index (χ3v) is 5.29. The van der Waals surface area contributed by atoms with Crippen molar-refractivity contribution in [3.8, 4) is 5.75 Å². The Kier molecular flexibility index (Phi) is 4.40. The molecule has 0 saturated carbocycles. The van der Waals surface area contributed by atoms with Crippen molar-refractivity contribution in [1.82, 2.24) is 10.3 Å². The molecule has 4 rings (SSSR count). The number of rotatable bonds is 4. The van der Waals surface area contributed by atoms with Gasteiger partial charge in [0.2, 0.25) is 0 Å². The molecule has 140 valence electrons. The number of hydrogen-bond donors (Lipinski definition) is 3. The largest absolute Gasteiger partial charge is 0.494 e. The first-order valence-corrected chi connectivity index (χ1v) is 9.31. The molecule has 2 unspecified atom stereocenters. The summed E-state index contributed by atoms with van der Waals surface area (Å²) < 4.78 is 5.94. The van der Waals surface area contributed by atoms with Crippen LogP contribution in [0.5, 0.6) is 5.75 Å². The average molecular weight is 364 g/mol. The van der Waals surface area contributed by atoms with Crippen LogP contribution in [0.3, 0.4) is 0 Å². The van der Waals surface area contributed by atoms with E-state index >= 15 is 0 Å². The Balaban J connectivity index is 1.95. The summed E-state index contributed by atoms with van der Waals surface area (Å²) in [6, 6.07) is 11.3. The number of H-pyrrole nitrogens is 1. The van der Waals surface area contributed by atoms with E-state index in [0.29, 0.717) is 13.0 Å². The molecular weight excluding hydrogens is 340 g/mol. The van der Waals surface area contributed by atoms with E-state index in [0.717, 1.165) is 44.6 Å². The number of nitrogens with one attached hydrogen (secondary N) is 2. The van der Waals surface area contributed by atoms with Gasteiger partial charge in [0.25, 0.3) is 0 Å². The molecule has 0 fully saturated rings. The second-order valence-corrected chi connectivity index (χ2v) is 7.18. The van der Waals surface area contributed by atoms with E-state index in [-0.39, 0.29) is 6.04 Å². The number of ether oxygens (including phenoxy) is 1. The molecule has 2 heterocycles. The first-order valence-electron chi connectivity index (χ1n) is 9.31. The SMILES string of the molecule is CCOc1cc(C)cc(C)c1C1NC(C(=O)O)Cc2c1[nH]c1ccccc21. The highest BCUT2D eigenvalue weighted by Gasteiger charge is 2.35. The number of carbonyl (C=O) groups is 1. The number of carboxylic acids is 1. The smallest absolute Gasteiger partial charge is 0.321 e. The number of fused-ring (bicyclic) bond motifs is 3. The van der Waals surface area contributed by atoms with Crippen LogP contribution in [0.2, 0.25) is 0 Å². The predicted octanol–water partition coefficient (Wildman–Crippen LogP) is 3.87. The molecule has 2 atom stereocenters. The lowest BCUT2D eigenvalue weighted by Gasteiger charge is -2.31. The molecule has 0 aliphatic carbocycles. The normalized spacial score (nSPS) is 19.1. The number of hydrogen-bond acceptors (Lipinski definition) is 3. The van der Waals surface area contributed by atoms with Crippen LogP contribution in [0.25, 0.3) is 10.9 Å². The highest BCUT2D eigenvalue weighted by molar-refractivity contribution is 5.87. The maximum absolute atomic E-state index is 11.8. The molecule has 0 spiro atoms. The van der Waals surface area contributed by atoms with Crippen molar-refractivity contribution in [2.24, 2.45) is 0 Å². The Morgan fingerprint density at radius 1 is 1.26 bits per heavy atom. The Morgan fingerprint density at radius 3 is 2.78 bits per heavy atom. The van der Waals surface area contributed by atoms with Gasteiger partial charge in [-0.25, -0.2) is 0 Å². The summed E-state index contributed by atoms with van der Waals surface area (Å²) in [4.78, 5) is 15.4.